The van der Waals surface area contributed by atoms with Gasteiger partial charge in [0.2, 0.25) is 0 Å². The minimum absolute atomic E-state index is 0.274. The van der Waals surface area contributed by atoms with Crippen LogP contribution < -0.4 is 10.5 Å². The van der Waals surface area contributed by atoms with Gasteiger partial charge in [-0.25, -0.2) is 0 Å². The van der Waals surface area contributed by atoms with Gasteiger partial charge < -0.3 is 10.5 Å². The molecule has 4 heteroatoms. The van der Waals surface area contributed by atoms with Gasteiger partial charge in [-0.05, 0) is 60.4 Å². The number of hydrogen-bond donors (Lipinski definition) is 1. The molecule has 1 aromatic carbocycles. The molecule has 0 bridgehead atoms. The third kappa shape index (κ3) is 3.29. The van der Waals surface area contributed by atoms with Crippen LogP contribution in [0.1, 0.15) is 44.1 Å². The Morgan fingerprint density at radius 1 is 1.22 bits per heavy atom. The van der Waals surface area contributed by atoms with Crippen molar-refractivity contribution >= 4 is 28.3 Å². The number of nitrogen functional groups attached to an aromatic ring is 1. The van der Waals surface area contributed by atoms with E-state index in [2.05, 4.69) is 28.7 Å². The summed E-state index contributed by atoms with van der Waals surface area (Å²) in [4.78, 5) is 0. The Bertz CT molecular complexity index is 436. The standard InChI is InChI=1S/C14H17IN2O/c15-12-7-10(9-16)8-13(17)14(12)18-11-5-3-1-2-4-6-11/h7-8,11H,1-6,17H2. The number of benzene rings is 1. The van der Waals surface area contributed by atoms with E-state index in [1.54, 1.807) is 6.07 Å². The second-order valence-corrected chi connectivity index (χ2v) is 5.88. The average Bonchev–Trinajstić information content (AvgIpc) is 2.62. The summed E-state index contributed by atoms with van der Waals surface area (Å²) in [6.45, 7) is 0. The van der Waals surface area contributed by atoms with Crippen molar-refractivity contribution in [2.75, 3.05) is 5.73 Å². The van der Waals surface area contributed by atoms with Crippen LogP contribution in [0.2, 0.25) is 0 Å². The molecule has 0 unspecified atom stereocenters. The van der Waals surface area contributed by atoms with Gasteiger partial charge in [-0.3, -0.25) is 0 Å². The number of hydrogen-bond acceptors (Lipinski definition) is 3. The van der Waals surface area contributed by atoms with E-state index in [0.29, 0.717) is 11.3 Å². The Labute approximate surface area is 121 Å². The number of ether oxygens (including phenoxy) is 1. The molecule has 2 N–H and O–H groups in total. The lowest BCUT2D eigenvalue weighted by atomic mass is 10.1. The number of nitriles is 1. The third-order valence-corrected chi connectivity index (χ3v) is 4.09. The summed E-state index contributed by atoms with van der Waals surface area (Å²) in [6.07, 6.45) is 7.57. The molecule has 0 atom stereocenters. The molecule has 1 aliphatic carbocycles. The van der Waals surface area contributed by atoms with E-state index in [1.165, 1.54) is 25.7 Å². The van der Waals surface area contributed by atoms with Crippen molar-refractivity contribution in [1.82, 2.24) is 0 Å². The first-order chi connectivity index (χ1) is 8.70. The Hall–Kier alpha value is -0.960. The van der Waals surface area contributed by atoms with Crippen LogP contribution in [0.4, 0.5) is 5.69 Å². The minimum Gasteiger partial charge on any atom is -0.487 e. The van der Waals surface area contributed by atoms with Crippen LogP contribution in [0.15, 0.2) is 12.1 Å². The van der Waals surface area contributed by atoms with Crippen LogP contribution in [0.25, 0.3) is 0 Å². The highest BCUT2D eigenvalue weighted by Gasteiger charge is 2.17. The summed E-state index contributed by atoms with van der Waals surface area (Å²) in [5, 5.41) is 8.89. The van der Waals surface area contributed by atoms with E-state index in [4.69, 9.17) is 15.7 Å². The molecule has 0 spiro atoms. The predicted octanol–water partition coefficient (Wildman–Crippen LogP) is 3.85. The molecule has 0 radical (unpaired) electrons. The summed E-state index contributed by atoms with van der Waals surface area (Å²) in [7, 11) is 0. The van der Waals surface area contributed by atoms with Crippen molar-refractivity contribution in [1.29, 1.82) is 5.26 Å². The van der Waals surface area contributed by atoms with Gasteiger partial charge in [0, 0.05) is 0 Å². The number of rotatable bonds is 2. The molecule has 2 rings (SSSR count). The molecule has 0 aliphatic heterocycles. The maximum Gasteiger partial charge on any atom is 0.155 e. The first-order valence-electron chi connectivity index (χ1n) is 6.36. The van der Waals surface area contributed by atoms with Crippen LogP contribution in [-0.2, 0) is 0 Å². The Kier molecular flexibility index (Phi) is 4.70. The maximum atomic E-state index is 8.89. The zero-order valence-corrected chi connectivity index (χ0v) is 12.4. The van der Waals surface area contributed by atoms with Crippen LogP contribution >= 0.6 is 22.6 Å². The SMILES string of the molecule is N#Cc1cc(N)c(OC2CCCCCC2)c(I)c1. The van der Waals surface area contributed by atoms with Crippen molar-refractivity contribution in [3.63, 3.8) is 0 Å². The van der Waals surface area contributed by atoms with Gasteiger partial charge in [-0.15, -0.1) is 0 Å². The summed E-state index contributed by atoms with van der Waals surface area (Å²) in [5.74, 6) is 0.751. The third-order valence-electron chi connectivity index (χ3n) is 3.29. The fraction of sp³-hybridized carbons (Fsp3) is 0.500. The van der Waals surface area contributed by atoms with Gasteiger partial charge in [0.05, 0.1) is 27.0 Å². The zero-order chi connectivity index (χ0) is 13.0. The molecular formula is C14H17IN2O. The van der Waals surface area contributed by atoms with Crippen molar-refractivity contribution in [3.05, 3.63) is 21.3 Å². The smallest absolute Gasteiger partial charge is 0.155 e. The topological polar surface area (TPSA) is 59.0 Å². The first-order valence-corrected chi connectivity index (χ1v) is 7.44. The summed E-state index contributed by atoms with van der Waals surface area (Å²) < 4.78 is 6.98. The normalized spacial score (nSPS) is 16.9. The molecule has 0 amide bonds. The van der Waals surface area contributed by atoms with E-state index in [1.807, 2.05) is 6.07 Å². The monoisotopic (exact) mass is 356 g/mol. The average molecular weight is 356 g/mol. The molecule has 18 heavy (non-hydrogen) atoms. The minimum atomic E-state index is 0.274. The molecule has 0 heterocycles. The lowest BCUT2D eigenvalue weighted by Gasteiger charge is -2.19. The number of nitrogens with two attached hydrogens (primary N) is 1. The Balaban J connectivity index is 2.15. The van der Waals surface area contributed by atoms with Crippen molar-refractivity contribution in [3.8, 4) is 11.8 Å². The van der Waals surface area contributed by atoms with Crippen molar-refractivity contribution in [2.45, 2.75) is 44.6 Å². The quantitative estimate of drug-likeness (QED) is 0.498. The van der Waals surface area contributed by atoms with Crippen molar-refractivity contribution in [2.24, 2.45) is 0 Å². The first kappa shape index (κ1) is 13.5. The van der Waals surface area contributed by atoms with Crippen LogP contribution in [0.5, 0.6) is 5.75 Å². The molecule has 3 nitrogen and oxygen atoms in total. The van der Waals surface area contributed by atoms with E-state index in [-0.39, 0.29) is 6.10 Å². The number of halogens is 1. The zero-order valence-electron chi connectivity index (χ0n) is 10.3. The maximum absolute atomic E-state index is 8.89. The number of nitrogens with zero attached hydrogens (tertiary/aromatic N) is 1. The highest BCUT2D eigenvalue weighted by atomic mass is 127. The molecular weight excluding hydrogens is 339 g/mol. The predicted molar refractivity (Wildman–Crippen MR) is 80.4 cm³/mol. The molecule has 96 valence electrons. The molecule has 1 fully saturated rings. The van der Waals surface area contributed by atoms with Gasteiger partial charge >= 0.3 is 0 Å². The van der Waals surface area contributed by atoms with E-state index in [9.17, 15) is 0 Å². The van der Waals surface area contributed by atoms with E-state index < -0.39 is 0 Å². The summed E-state index contributed by atoms with van der Waals surface area (Å²) >= 11 is 2.18. The van der Waals surface area contributed by atoms with Gasteiger partial charge in [-0.2, -0.15) is 5.26 Å². The van der Waals surface area contributed by atoms with E-state index >= 15 is 0 Å². The van der Waals surface area contributed by atoms with E-state index in [0.717, 1.165) is 22.2 Å². The largest absolute Gasteiger partial charge is 0.487 e. The van der Waals surface area contributed by atoms with Gasteiger partial charge in [-0.1, -0.05) is 12.8 Å². The molecule has 0 saturated heterocycles. The highest BCUT2D eigenvalue weighted by Crippen LogP contribution is 2.32. The molecule has 0 aromatic heterocycles. The molecule has 1 saturated carbocycles. The Morgan fingerprint density at radius 3 is 2.44 bits per heavy atom. The lowest BCUT2D eigenvalue weighted by molar-refractivity contribution is 0.183. The molecule has 1 aliphatic rings. The fourth-order valence-electron chi connectivity index (χ4n) is 2.33. The summed E-state index contributed by atoms with van der Waals surface area (Å²) in [6, 6.07) is 5.62. The Morgan fingerprint density at radius 2 is 1.89 bits per heavy atom. The van der Waals surface area contributed by atoms with Crippen LogP contribution in [0, 0.1) is 14.9 Å². The number of anilines is 1. The lowest BCUT2D eigenvalue weighted by Crippen LogP contribution is -2.16. The van der Waals surface area contributed by atoms with Crippen LogP contribution in [0.3, 0.4) is 0 Å². The van der Waals surface area contributed by atoms with Gasteiger partial charge in [0.15, 0.2) is 5.75 Å². The molecule has 1 aromatic rings. The second kappa shape index (κ2) is 6.28. The highest BCUT2D eigenvalue weighted by molar-refractivity contribution is 14.1. The second-order valence-electron chi connectivity index (χ2n) is 4.72. The van der Waals surface area contributed by atoms with Gasteiger partial charge in [0.1, 0.15) is 0 Å². The van der Waals surface area contributed by atoms with Gasteiger partial charge in [0.25, 0.3) is 0 Å². The van der Waals surface area contributed by atoms with Crippen LogP contribution in [-0.4, -0.2) is 6.10 Å². The summed E-state index contributed by atoms with van der Waals surface area (Å²) in [5.41, 5.74) is 7.13. The fourth-order valence-corrected chi connectivity index (χ4v) is 3.10. The van der Waals surface area contributed by atoms with Crippen molar-refractivity contribution < 1.29 is 4.74 Å².